The molecule has 0 aliphatic carbocycles. The van der Waals surface area contributed by atoms with Crippen molar-refractivity contribution in [2.75, 3.05) is 6.54 Å². The van der Waals surface area contributed by atoms with E-state index in [0.717, 1.165) is 36.5 Å². The van der Waals surface area contributed by atoms with E-state index < -0.39 is 0 Å². The SMILES string of the molecule is CCc1ccc(-c2ocnc2CNCC(C)C)cc1. The number of benzene rings is 1. The second-order valence-electron chi connectivity index (χ2n) is 5.20. The number of nitrogens with zero attached hydrogens (tertiary/aromatic N) is 1. The third kappa shape index (κ3) is 3.67. The van der Waals surface area contributed by atoms with Gasteiger partial charge < -0.3 is 9.73 Å². The molecule has 0 saturated carbocycles. The lowest BCUT2D eigenvalue weighted by molar-refractivity contribution is 0.545. The van der Waals surface area contributed by atoms with Crippen LogP contribution in [-0.4, -0.2) is 11.5 Å². The molecule has 3 heteroatoms. The first-order valence-electron chi connectivity index (χ1n) is 6.93. The van der Waals surface area contributed by atoms with Gasteiger partial charge in [0.05, 0.1) is 0 Å². The molecule has 1 heterocycles. The normalized spacial score (nSPS) is 11.2. The number of nitrogens with one attached hydrogen (secondary N) is 1. The summed E-state index contributed by atoms with van der Waals surface area (Å²) in [6.07, 6.45) is 2.58. The summed E-state index contributed by atoms with van der Waals surface area (Å²) >= 11 is 0. The molecule has 19 heavy (non-hydrogen) atoms. The van der Waals surface area contributed by atoms with Crippen LogP contribution >= 0.6 is 0 Å². The van der Waals surface area contributed by atoms with Crippen LogP contribution in [0.25, 0.3) is 11.3 Å². The fraction of sp³-hybridized carbons (Fsp3) is 0.438. The van der Waals surface area contributed by atoms with Crippen molar-refractivity contribution in [1.29, 1.82) is 0 Å². The molecule has 102 valence electrons. The zero-order chi connectivity index (χ0) is 13.7. The first-order chi connectivity index (χ1) is 9.20. The average Bonchev–Trinajstić information content (AvgIpc) is 2.87. The zero-order valence-corrected chi connectivity index (χ0v) is 11.9. The molecule has 2 rings (SSSR count). The maximum Gasteiger partial charge on any atom is 0.181 e. The van der Waals surface area contributed by atoms with Crippen molar-refractivity contribution in [3.05, 3.63) is 41.9 Å². The van der Waals surface area contributed by atoms with E-state index in [9.17, 15) is 0 Å². The second kappa shape index (κ2) is 6.53. The Bertz CT molecular complexity index is 500. The summed E-state index contributed by atoms with van der Waals surface area (Å²) in [4.78, 5) is 4.30. The first-order valence-corrected chi connectivity index (χ1v) is 6.93. The third-order valence-electron chi connectivity index (χ3n) is 3.11. The van der Waals surface area contributed by atoms with Gasteiger partial charge in [-0.2, -0.15) is 0 Å². The van der Waals surface area contributed by atoms with Gasteiger partial charge in [-0.15, -0.1) is 0 Å². The molecule has 0 fully saturated rings. The molecule has 1 aromatic heterocycles. The standard InChI is InChI=1S/C16H22N2O/c1-4-13-5-7-14(8-6-13)16-15(18-11-19-16)10-17-9-12(2)3/h5-8,11-12,17H,4,9-10H2,1-3H3. The van der Waals surface area contributed by atoms with Crippen LogP contribution in [0.1, 0.15) is 32.0 Å². The zero-order valence-electron chi connectivity index (χ0n) is 11.9. The predicted octanol–water partition coefficient (Wildman–Crippen LogP) is 3.65. The van der Waals surface area contributed by atoms with E-state index in [1.54, 1.807) is 0 Å². The Labute approximate surface area is 115 Å². The monoisotopic (exact) mass is 258 g/mol. The summed E-state index contributed by atoms with van der Waals surface area (Å²) in [6.45, 7) is 8.28. The molecule has 0 saturated heterocycles. The molecule has 0 aliphatic rings. The highest BCUT2D eigenvalue weighted by molar-refractivity contribution is 5.60. The van der Waals surface area contributed by atoms with E-state index >= 15 is 0 Å². The van der Waals surface area contributed by atoms with Crippen molar-refractivity contribution in [1.82, 2.24) is 10.3 Å². The third-order valence-corrected chi connectivity index (χ3v) is 3.11. The second-order valence-corrected chi connectivity index (χ2v) is 5.20. The molecule has 0 amide bonds. The van der Waals surface area contributed by atoms with Crippen LogP contribution in [0.4, 0.5) is 0 Å². The minimum Gasteiger partial charge on any atom is -0.443 e. The Morgan fingerprint density at radius 3 is 2.58 bits per heavy atom. The Balaban J connectivity index is 2.09. The molecule has 0 bridgehead atoms. The van der Waals surface area contributed by atoms with Crippen LogP contribution in [0.3, 0.4) is 0 Å². The average molecular weight is 258 g/mol. The van der Waals surface area contributed by atoms with Crippen LogP contribution in [0.15, 0.2) is 35.1 Å². The Morgan fingerprint density at radius 2 is 1.95 bits per heavy atom. The van der Waals surface area contributed by atoms with E-state index in [-0.39, 0.29) is 0 Å². The van der Waals surface area contributed by atoms with E-state index in [0.29, 0.717) is 5.92 Å². The fourth-order valence-corrected chi connectivity index (χ4v) is 2.00. The summed E-state index contributed by atoms with van der Waals surface area (Å²) in [5.74, 6) is 1.51. The summed E-state index contributed by atoms with van der Waals surface area (Å²) in [6, 6.07) is 8.49. The Morgan fingerprint density at radius 1 is 1.21 bits per heavy atom. The molecule has 0 radical (unpaired) electrons. The van der Waals surface area contributed by atoms with Gasteiger partial charge in [0.1, 0.15) is 5.69 Å². The van der Waals surface area contributed by atoms with Crippen LogP contribution in [-0.2, 0) is 13.0 Å². The van der Waals surface area contributed by atoms with Gasteiger partial charge in [0.15, 0.2) is 12.2 Å². The summed E-state index contributed by atoms with van der Waals surface area (Å²) in [5.41, 5.74) is 3.41. The Hall–Kier alpha value is -1.61. The van der Waals surface area contributed by atoms with Crippen LogP contribution in [0.2, 0.25) is 0 Å². The number of hydrogen-bond acceptors (Lipinski definition) is 3. The van der Waals surface area contributed by atoms with E-state index in [1.807, 2.05) is 0 Å². The topological polar surface area (TPSA) is 38.1 Å². The number of aryl methyl sites for hydroxylation is 1. The van der Waals surface area contributed by atoms with Gasteiger partial charge in [-0.3, -0.25) is 0 Å². The molecular formula is C16H22N2O. The minimum absolute atomic E-state index is 0.638. The number of aromatic nitrogens is 1. The van der Waals surface area contributed by atoms with Gasteiger partial charge in [0.2, 0.25) is 0 Å². The molecular weight excluding hydrogens is 236 g/mol. The number of oxazole rings is 1. The van der Waals surface area contributed by atoms with E-state index in [4.69, 9.17) is 4.42 Å². The van der Waals surface area contributed by atoms with Gasteiger partial charge in [-0.05, 0) is 24.4 Å². The van der Waals surface area contributed by atoms with Crippen LogP contribution < -0.4 is 5.32 Å². The molecule has 0 aliphatic heterocycles. The molecule has 1 aromatic carbocycles. The predicted molar refractivity (Wildman–Crippen MR) is 77.9 cm³/mol. The van der Waals surface area contributed by atoms with Crippen molar-refractivity contribution in [2.24, 2.45) is 5.92 Å². The molecule has 3 nitrogen and oxygen atoms in total. The maximum atomic E-state index is 5.53. The maximum absolute atomic E-state index is 5.53. The number of hydrogen-bond donors (Lipinski definition) is 1. The Kier molecular flexibility index (Phi) is 4.74. The summed E-state index contributed by atoms with van der Waals surface area (Å²) < 4.78 is 5.53. The summed E-state index contributed by atoms with van der Waals surface area (Å²) in [5, 5.41) is 3.40. The number of rotatable bonds is 6. The smallest absolute Gasteiger partial charge is 0.181 e. The quantitative estimate of drug-likeness (QED) is 0.859. The van der Waals surface area contributed by atoms with Crippen molar-refractivity contribution >= 4 is 0 Å². The minimum atomic E-state index is 0.638. The highest BCUT2D eigenvalue weighted by Gasteiger charge is 2.10. The van der Waals surface area contributed by atoms with Gasteiger partial charge in [0, 0.05) is 12.1 Å². The van der Waals surface area contributed by atoms with Crippen LogP contribution in [0.5, 0.6) is 0 Å². The lowest BCUT2D eigenvalue weighted by atomic mass is 10.1. The summed E-state index contributed by atoms with van der Waals surface area (Å²) in [7, 11) is 0. The highest BCUT2D eigenvalue weighted by atomic mass is 16.3. The van der Waals surface area contributed by atoms with Crippen molar-refractivity contribution in [2.45, 2.75) is 33.7 Å². The van der Waals surface area contributed by atoms with Gasteiger partial charge in [-0.25, -0.2) is 4.98 Å². The van der Waals surface area contributed by atoms with Crippen molar-refractivity contribution < 1.29 is 4.42 Å². The molecule has 0 unspecified atom stereocenters. The highest BCUT2D eigenvalue weighted by Crippen LogP contribution is 2.23. The lowest BCUT2D eigenvalue weighted by Gasteiger charge is -2.07. The van der Waals surface area contributed by atoms with E-state index in [1.165, 1.54) is 12.0 Å². The van der Waals surface area contributed by atoms with Crippen LogP contribution in [0, 0.1) is 5.92 Å². The van der Waals surface area contributed by atoms with E-state index in [2.05, 4.69) is 55.3 Å². The molecule has 2 aromatic rings. The fourth-order valence-electron chi connectivity index (χ4n) is 2.00. The van der Waals surface area contributed by atoms with Crippen molar-refractivity contribution in [3.8, 4) is 11.3 Å². The molecule has 0 spiro atoms. The van der Waals surface area contributed by atoms with Gasteiger partial charge >= 0.3 is 0 Å². The van der Waals surface area contributed by atoms with Gasteiger partial charge in [0.25, 0.3) is 0 Å². The first kappa shape index (κ1) is 13.8. The molecule has 1 N–H and O–H groups in total. The largest absolute Gasteiger partial charge is 0.443 e. The van der Waals surface area contributed by atoms with Crippen molar-refractivity contribution in [3.63, 3.8) is 0 Å². The lowest BCUT2D eigenvalue weighted by Crippen LogP contribution is -2.19. The van der Waals surface area contributed by atoms with Gasteiger partial charge in [-0.1, -0.05) is 45.0 Å². The molecule has 0 atom stereocenters.